The molecule has 3 aromatic rings. The van der Waals surface area contributed by atoms with E-state index in [-0.39, 0.29) is 11.9 Å². The molecule has 6 nitrogen and oxygen atoms in total. The highest BCUT2D eigenvalue weighted by molar-refractivity contribution is 6.33. The Bertz CT molecular complexity index is 1290. The molecule has 2 N–H and O–H groups in total. The molecular formula is C33H38ClN2O4-. The summed E-state index contributed by atoms with van der Waals surface area (Å²) in [4.78, 5) is 38.2. The number of carbonyl (C=O) groups excluding carboxylic acids is 3. The second kappa shape index (κ2) is 14.1. The van der Waals surface area contributed by atoms with Crippen LogP contribution in [-0.2, 0) is 20.8 Å². The Labute approximate surface area is 242 Å². The zero-order valence-electron chi connectivity index (χ0n) is 23.6. The van der Waals surface area contributed by atoms with E-state index in [0.29, 0.717) is 24.3 Å². The molecule has 0 aliphatic heterocycles. The molecule has 0 aromatic heterocycles. The lowest BCUT2D eigenvalue weighted by Crippen LogP contribution is -2.55. The van der Waals surface area contributed by atoms with E-state index in [1.165, 1.54) is 0 Å². The van der Waals surface area contributed by atoms with Crippen molar-refractivity contribution in [1.82, 2.24) is 10.6 Å². The minimum Gasteiger partial charge on any atom is -0.550 e. The van der Waals surface area contributed by atoms with Crippen LogP contribution < -0.4 is 15.7 Å². The predicted molar refractivity (Wildman–Crippen MR) is 157 cm³/mol. The molecule has 2 amide bonds. The van der Waals surface area contributed by atoms with Gasteiger partial charge in [-0.1, -0.05) is 105 Å². The molecule has 3 rings (SSSR count). The van der Waals surface area contributed by atoms with Gasteiger partial charge in [0.2, 0.25) is 11.8 Å². The summed E-state index contributed by atoms with van der Waals surface area (Å²) in [6.07, 6.45) is 1.06. The summed E-state index contributed by atoms with van der Waals surface area (Å²) in [5, 5.41) is 18.0. The minimum absolute atomic E-state index is 0.258. The number of carboxylic acid groups (broad SMARTS) is 1. The second-order valence-electron chi connectivity index (χ2n) is 11.3. The molecular weight excluding hydrogens is 524 g/mol. The van der Waals surface area contributed by atoms with Crippen LogP contribution in [0.1, 0.15) is 64.1 Å². The molecule has 0 spiro atoms. The van der Waals surface area contributed by atoms with Gasteiger partial charge in [-0.15, -0.1) is 0 Å². The topological polar surface area (TPSA) is 98.3 Å². The van der Waals surface area contributed by atoms with Crippen LogP contribution in [0.25, 0.3) is 11.1 Å². The maximum Gasteiger partial charge on any atom is 0.243 e. The number of aryl methyl sites for hydroxylation is 1. The van der Waals surface area contributed by atoms with Gasteiger partial charge in [0.1, 0.15) is 6.04 Å². The Morgan fingerprint density at radius 3 is 2.08 bits per heavy atom. The molecule has 0 saturated heterocycles. The number of carboxylic acids is 1. The molecule has 3 unspecified atom stereocenters. The summed E-state index contributed by atoms with van der Waals surface area (Å²) >= 11 is 6.54. The first-order valence-electron chi connectivity index (χ1n) is 13.7. The highest BCUT2D eigenvalue weighted by Gasteiger charge is 2.35. The van der Waals surface area contributed by atoms with E-state index in [4.69, 9.17) is 11.6 Å². The Hall–Kier alpha value is -3.64. The molecule has 7 heteroatoms. The number of benzene rings is 3. The monoisotopic (exact) mass is 561 g/mol. The number of hydrogen-bond donors (Lipinski definition) is 2. The van der Waals surface area contributed by atoms with Gasteiger partial charge >= 0.3 is 0 Å². The second-order valence-corrected chi connectivity index (χ2v) is 11.7. The van der Waals surface area contributed by atoms with E-state index >= 15 is 0 Å². The van der Waals surface area contributed by atoms with E-state index in [9.17, 15) is 19.5 Å². The average Bonchev–Trinajstić information content (AvgIpc) is 2.91. The zero-order valence-corrected chi connectivity index (χ0v) is 24.3. The first-order valence-corrected chi connectivity index (χ1v) is 14.0. The van der Waals surface area contributed by atoms with Crippen molar-refractivity contribution in [2.75, 3.05) is 0 Å². The van der Waals surface area contributed by atoms with Gasteiger partial charge < -0.3 is 20.5 Å². The first kappa shape index (κ1) is 30.9. The van der Waals surface area contributed by atoms with Gasteiger partial charge in [-0.05, 0) is 60.8 Å². The molecule has 3 atom stereocenters. The molecule has 0 saturated carbocycles. The number of amides is 2. The third kappa shape index (κ3) is 8.68. The quantitative estimate of drug-likeness (QED) is 0.305. The fraction of sp³-hybridized carbons (Fsp3) is 0.364. The van der Waals surface area contributed by atoms with E-state index in [2.05, 4.69) is 10.6 Å². The molecule has 0 aliphatic rings. The Kier molecular flexibility index (Phi) is 10.9. The van der Waals surface area contributed by atoms with Gasteiger partial charge in [-0.25, -0.2) is 0 Å². The van der Waals surface area contributed by atoms with E-state index in [0.717, 1.165) is 22.3 Å². The predicted octanol–water partition coefficient (Wildman–Crippen LogP) is 5.49. The van der Waals surface area contributed by atoms with E-state index in [1.54, 1.807) is 0 Å². The lowest BCUT2D eigenvalue weighted by Gasteiger charge is -2.33. The van der Waals surface area contributed by atoms with Crippen molar-refractivity contribution >= 4 is 29.4 Å². The maximum absolute atomic E-state index is 13.4. The van der Waals surface area contributed by atoms with Crippen LogP contribution >= 0.6 is 11.6 Å². The van der Waals surface area contributed by atoms with Crippen LogP contribution in [0.2, 0.25) is 5.02 Å². The third-order valence-corrected chi connectivity index (χ3v) is 7.33. The van der Waals surface area contributed by atoms with Gasteiger partial charge in [-0.2, -0.15) is 0 Å². The first-order chi connectivity index (χ1) is 19.0. The van der Waals surface area contributed by atoms with Crippen molar-refractivity contribution in [2.24, 2.45) is 11.3 Å². The maximum atomic E-state index is 13.4. The fourth-order valence-electron chi connectivity index (χ4n) is 4.83. The largest absolute Gasteiger partial charge is 0.550 e. The van der Waals surface area contributed by atoms with Crippen LogP contribution in [0.3, 0.4) is 0 Å². The van der Waals surface area contributed by atoms with E-state index < -0.39 is 35.7 Å². The number of nitrogens with one attached hydrogen (secondary N) is 2. The van der Waals surface area contributed by atoms with Crippen molar-refractivity contribution in [2.45, 2.75) is 65.5 Å². The third-order valence-electron chi connectivity index (χ3n) is 7.02. The van der Waals surface area contributed by atoms with Crippen LogP contribution in [0.15, 0.2) is 78.9 Å². The zero-order chi connectivity index (χ0) is 29.3. The van der Waals surface area contributed by atoms with E-state index in [1.807, 2.05) is 107 Å². The molecule has 40 heavy (non-hydrogen) atoms. The highest BCUT2D eigenvalue weighted by Crippen LogP contribution is 2.32. The Balaban J connectivity index is 1.71. The molecule has 3 aromatic carbocycles. The minimum atomic E-state index is -1.30. The summed E-state index contributed by atoms with van der Waals surface area (Å²) in [7, 11) is 0. The Morgan fingerprint density at radius 2 is 1.48 bits per heavy atom. The van der Waals surface area contributed by atoms with Gasteiger partial charge in [0.15, 0.2) is 0 Å². The average molecular weight is 562 g/mol. The molecule has 0 aliphatic carbocycles. The summed E-state index contributed by atoms with van der Waals surface area (Å²) in [6.45, 7) is 7.47. The van der Waals surface area contributed by atoms with Crippen LogP contribution in [0, 0.1) is 11.3 Å². The number of rotatable bonds is 12. The van der Waals surface area contributed by atoms with Crippen molar-refractivity contribution in [3.63, 3.8) is 0 Å². The number of carbonyl (C=O) groups is 3. The summed E-state index contributed by atoms with van der Waals surface area (Å²) < 4.78 is 0. The van der Waals surface area contributed by atoms with Crippen molar-refractivity contribution in [3.8, 4) is 11.1 Å². The van der Waals surface area contributed by atoms with Crippen LogP contribution in [0.4, 0.5) is 0 Å². The SMILES string of the molecule is CC(NC(=O)C(NC(=O)C(CCCc1cccc(Cl)c1-c1ccccc1)CC(=O)[O-])C(C)(C)C)c1ccccc1. The molecule has 0 bridgehead atoms. The van der Waals surface area contributed by atoms with Crippen molar-refractivity contribution < 1.29 is 19.5 Å². The van der Waals surface area contributed by atoms with Crippen molar-refractivity contribution in [1.29, 1.82) is 0 Å². The van der Waals surface area contributed by atoms with Gasteiger partial charge in [0, 0.05) is 22.5 Å². The molecule has 0 radical (unpaired) electrons. The standard InChI is InChI=1S/C33H39ClN2O4/c1-22(23-13-7-5-8-14-23)35-32(40)30(33(2,3)4)36-31(39)26(21-28(37)38)19-11-17-25-18-12-20-27(34)29(25)24-15-9-6-10-16-24/h5-10,12-16,18,20,22,26,30H,11,17,19,21H2,1-4H3,(H,35,40)(H,36,39)(H,37,38)/p-1. The van der Waals surface area contributed by atoms with Crippen LogP contribution in [0.5, 0.6) is 0 Å². The lowest BCUT2D eigenvalue weighted by atomic mass is 9.85. The molecule has 0 heterocycles. The summed E-state index contributed by atoms with van der Waals surface area (Å²) in [6, 6.07) is 24.0. The lowest BCUT2D eigenvalue weighted by molar-refractivity contribution is -0.306. The number of hydrogen-bond acceptors (Lipinski definition) is 4. The van der Waals surface area contributed by atoms with Gasteiger partial charge in [-0.3, -0.25) is 9.59 Å². The smallest absolute Gasteiger partial charge is 0.243 e. The molecule has 212 valence electrons. The van der Waals surface area contributed by atoms with Crippen molar-refractivity contribution in [3.05, 3.63) is 95.0 Å². The number of aliphatic carboxylic acids is 1. The normalized spacial score (nSPS) is 13.6. The fourth-order valence-corrected chi connectivity index (χ4v) is 5.13. The van der Waals surface area contributed by atoms with Crippen LogP contribution in [-0.4, -0.2) is 23.8 Å². The Morgan fingerprint density at radius 1 is 0.850 bits per heavy atom. The summed E-state index contributed by atoms with van der Waals surface area (Å²) in [5.74, 6) is -2.94. The molecule has 0 fully saturated rings. The summed E-state index contributed by atoms with van der Waals surface area (Å²) in [5.41, 5.74) is 3.29. The van der Waals surface area contributed by atoms with Gasteiger partial charge in [0.25, 0.3) is 0 Å². The van der Waals surface area contributed by atoms with Gasteiger partial charge in [0.05, 0.1) is 6.04 Å². The highest BCUT2D eigenvalue weighted by atomic mass is 35.5. The number of halogens is 1.